The lowest BCUT2D eigenvalue weighted by Gasteiger charge is -2.34. The van der Waals surface area contributed by atoms with E-state index in [9.17, 15) is 4.79 Å². The van der Waals surface area contributed by atoms with Gasteiger partial charge in [0.05, 0.1) is 23.4 Å². The second-order valence-corrected chi connectivity index (χ2v) is 7.03. The lowest BCUT2D eigenvalue weighted by Crippen LogP contribution is -2.41. The molecule has 130 valence electrons. The molecule has 25 heavy (non-hydrogen) atoms. The number of amides is 1. The van der Waals surface area contributed by atoms with Crippen LogP contribution < -0.4 is 0 Å². The number of imidazole rings is 2. The predicted molar refractivity (Wildman–Crippen MR) is 96.6 cm³/mol. The lowest BCUT2D eigenvalue weighted by molar-refractivity contribution is 0.0677. The van der Waals surface area contributed by atoms with Gasteiger partial charge in [-0.1, -0.05) is 13.8 Å². The fourth-order valence-corrected chi connectivity index (χ4v) is 3.70. The van der Waals surface area contributed by atoms with Crippen molar-refractivity contribution in [3.05, 3.63) is 48.3 Å². The first-order chi connectivity index (χ1) is 12.1. The molecule has 1 atom stereocenters. The van der Waals surface area contributed by atoms with E-state index in [1.54, 1.807) is 6.33 Å². The molecule has 0 radical (unpaired) electrons. The van der Waals surface area contributed by atoms with Gasteiger partial charge in [-0.3, -0.25) is 4.79 Å². The Balaban J connectivity index is 1.56. The van der Waals surface area contributed by atoms with Gasteiger partial charge in [-0.25, -0.2) is 9.97 Å². The number of rotatable bonds is 3. The van der Waals surface area contributed by atoms with E-state index in [1.165, 1.54) is 0 Å². The van der Waals surface area contributed by atoms with E-state index >= 15 is 0 Å². The molecule has 0 spiro atoms. The summed E-state index contributed by atoms with van der Waals surface area (Å²) in [7, 11) is 0. The van der Waals surface area contributed by atoms with Crippen LogP contribution in [0.25, 0.3) is 11.0 Å². The number of hydrogen-bond donors (Lipinski definition) is 1. The number of benzene rings is 1. The zero-order valence-electron chi connectivity index (χ0n) is 14.6. The molecule has 1 amide bonds. The standard InChI is InChI=1S/C19H23N5O/c1-13(2)18-20-7-9-24(18)15-4-3-8-23(11-15)19(25)14-5-6-16-17(10-14)22-12-21-16/h5-7,9-10,12-13,15H,3-4,8,11H2,1-2H3,(H,21,22)/t15-/m1/s1. The quantitative estimate of drug-likeness (QED) is 0.797. The maximum absolute atomic E-state index is 13.0. The molecule has 0 bridgehead atoms. The number of nitrogens with one attached hydrogen (secondary N) is 1. The fourth-order valence-electron chi connectivity index (χ4n) is 3.70. The minimum absolute atomic E-state index is 0.0902. The maximum Gasteiger partial charge on any atom is 0.254 e. The molecule has 0 saturated carbocycles. The maximum atomic E-state index is 13.0. The van der Waals surface area contributed by atoms with Crippen molar-refractivity contribution in [1.29, 1.82) is 0 Å². The van der Waals surface area contributed by atoms with Gasteiger partial charge in [0, 0.05) is 37.0 Å². The van der Waals surface area contributed by atoms with Crippen LogP contribution >= 0.6 is 0 Å². The van der Waals surface area contributed by atoms with E-state index in [-0.39, 0.29) is 5.91 Å². The summed E-state index contributed by atoms with van der Waals surface area (Å²) < 4.78 is 2.25. The van der Waals surface area contributed by atoms with Crippen LogP contribution in [0.3, 0.4) is 0 Å². The van der Waals surface area contributed by atoms with Gasteiger partial charge < -0.3 is 14.5 Å². The number of hydrogen-bond acceptors (Lipinski definition) is 3. The summed E-state index contributed by atoms with van der Waals surface area (Å²) in [6.07, 6.45) is 7.66. The number of aromatic nitrogens is 4. The molecular weight excluding hydrogens is 314 g/mol. The topological polar surface area (TPSA) is 66.8 Å². The normalized spacial score (nSPS) is 18.2. The minimum Gasteiger partial charge on any atom is -0.345 e. The summed E-state index contributed by atoms with van der Waals surface area (Å²) >= 11 is 0. The average molecular weight is 337 g/mol. The van der Waals surface area contributed by atoms with Gasteiger partial charge in [-0.05, 0) is 31.0 Å². The van der Waals surface area contributed by atoms with Crippen LogP contribution in [0, 0.1) is 0 Å². The number of likely N-dealkylation sites (tertiary alicyclic amines) is 1. The molecule has 0 aliphatic carbocycles. The number of carbonyl (C=O) groups excluding carboxylic acids is 1. The van der Waals surface area contributed by atoms with Crippen molar-refractivity contribution >= 4 is 16.9 Å². The van der Waals surface area contributed by atoms with E-state index in [1.807, 2.05) is 35.5 Å². The van der Waals surface area contributed by atoms with Crippen LogP contribution in [0.5, 0.6) is 0 Å². The van der Waals surface area contributed by atoms with Crippen LogP contribution in [0.1, 0.15) is 54.8 Å². The second-order valence-electron chi connectivity index (χ2n) is 7.03. The first-order valence-electron chi connectivity index (χ1n) is 8.88. The number of fused-ring (bicyclic) bond motifs is 1. The van der Waals surface area contributed by atoms with Crippen molar-refractivity contribution in [2.24, 2.45) is 0 Å². The first-order valence-corrected chi connectivity index (χ1v) is 8.88. The third kappa shape index (κ3) is 2.92. The van der Waals surface area contributed by atoms with E-state index in [4.69, 9.17) is 0 Å². The zero-order valence-corrected chi connectivity index (χ0v) is 14.6. The molecule has 3 aromatic rings. The molecule has 3 heterocycles. The number of nitrogens with zero attached hydrogens (tertiary/aromatic N) is 4. The monoisotopic (exact) mass is 337 g/mol. The van der Waals surface area contributed by atoms with Crippen LogP contribution in [0.2, 0.25) is 0 Å². The van der Waals surface area contributed by atoms with Crippen molar-refractivity contribution < 1.29 is 4.79 Å². The average Bonchev–Trinajstić information content (AvgIpc) is 3.29. The van der Waals surface area contributed by atoms with Gasteiger partial charge in [-0.2, -0.15) is 0 Å². The summed E-state index contributed by atoms with van der Waals surface area (Å²) in [5.74, 6) is 1.56. The molecule has 1 fully saturated rings. The molecule has 0 unspecified atom stereocenters. The van der Waals surface area contributed by atoms with Crippen LogP contribution in [-0.2, 0) is 0 Å². The van der Waals surface area contributed by atoms with Crippen LogP contribution in [-0.4, -0.2) is 43.4 Å². The number of carbonyl (C=O) groups is 1. The molecule has 2 aromatic heterocycles. The van der Waals surface area contributed by atoms with Crippen molar-refractivity contribution in [3.8, 4) is 0 Å². The number of aromatic amines is 1. The third-order valence-electron chi connectivity index (χ3n) is 4.96. The van der Waals surface area contributed by atoms with Crippen LogP contribution in [0.15, 0.2) is 36.9 Å². The summed E-state index contributed by atoms with van der Waals surface area (Å²) in [5.41, 5.74) is 2.50. The van der Waals surface area contributed by atoms with Crippen molar-refractivity contribution in [2.45, 2.75) is 38.6 Å². The van der Waals surface area contributed by atoms with E-state index < -0.39 is 0 Å². The van der Waals surface area contributed by atoms with Crippen LogP contribution in [0.4, 0.5) is 0 Å². The van der Waals surface area contributed by atoms with Crippen molar-refractivity contribution in [2.75, 3.05) is 13.1 Å². The second kappa shape index (κ2) is 6.35. The minimum atomic E-state index is 0.0902. The van der Waals surface area contributed by atoms with Gasteiger partial charge in [0.25, 0.3) is 5.91 Å². The fraction of sp³-hybridized carbons (Fsp3) is 0.421. The third-order valence-corrected chi connectivity index (χ3v) is 4.96. The molecule has 1 aliphatic rings. The number of piperidine rings is 1. The van der Waals surface area contributed by atoms with Crippen molar-refractivity contribution in [1.82, 2.24) is 24.4 Å². The Hall–Kier alpha value is -2.63. The summed E-state index contributed by atoms with van der Waals surface area (Å²) in [5, 5.41) is 0. The molecule has 4 rings (SSSR count). The highest BCUT2D eigenvalue weighted by Gasteiger charge is 2.27. The number of H-pyrrole nitrogens is 1. The Morgan fingerprint density at radius 1 is 1.32 bits per heavy atom. The summed E-state index contributed by atoms with van der Waals surface area (Å²) in [6.45, 7) is 5.85. The molecule has 6 heteroatoms. The lowest BCUT2D eigenvalue weighted by atomic mass is 10.0. The Morgan fingerprint density at radius 3 is 3.04 bits per heavy atom. The molecular formula is C19H23N5O. The van der Waals surface area contributed by atoms with Gasteiger partial charge >= 0.3 is 0 Å². The molecule has 1 N–H and O–H groups in total. The molecule has 1 aliphatic heterocycles. The highest BCUT2D eigenvalue weighted by molar-refractivity contribution is 5.97. The Morgan fingerprint density at radius 2 is 2.20 bits per heavy atom. The predicted octanol–water partition coefficient (Wildman–Crippen LogP) is 3.36. The summed E-state index contributed by atoms with van der Waals surface area (Å²) in [6, 6.07) is 5.96. The molecule has 1 aromatic carbocycles. The largest absolute Gasteiger partial charge is 0.345 e. The van der Waals surface area contributed by atoms with E-state index in [0.717, 1.165) is 42.8 Å². The van der Waals surface area contributed by atoms with Gasteiger partial charge in [0.1, 0.15) is 5.82 Å². The first kappa shape index (κ1) is 15.9. The Bertz CT molecular complexity index is 894. The Labute approximate surface area is 146 Å². The zero-order chi connectivity index (χ0) is 17.4. The van der Waals surface area contributed by atoms with Crippen molar-refractivity contribution in [3.63, 3.8) is 0 Å². The van der Waals surface area contributed by atoms with E-state index in [2.05, 4.69) is 33.4 Å². The highest BCUT2D eigenvalue weighted by atomic mass is 16.2. The SMILES string of the molecule is CC(C)c1nccn1[C@@H]1CCCN(C(=O)c2ccc3nc[nH]c3c2)C1. The summed E-state index contributed by atoms with van der Waals surface area (Å²) in [4.78, 5) is 26.7. The smallest absolute Gasteiger partial charge is 0.254 e. The highest BCUT2D eigenvalue weighted by Crippen LogP contribution is 2.26. The molecule has 1 saturated heterocycles. The molecule has 6 nitrogen and oxygen atoms in total. The van der Waals surface area contributed by atoms with Gasteiger partial charge in [-0.15, -0.1) is 0 Å². The Kier molecular flexibility index (Phi) is 4.03. The van der Waals surface area contributed by atoms with Gasteiger partial charge in [0.15, 0.2) is 0 Å². The van der Waals surface area contributed by atoms with E-state index in [0.29, 0.717) is 17.5 Å². The van der Waals surface area contributed by atoms with Gasteiger partial charge in [0.2, 0.25) is 0 Å².